The summed E-state index contributed by atoms with van der Waals surface area (Å²) in [5.41, 5.74) is 4.12. The summed E-state index contributed by atoms with van der Waals surface area (Å²) in [6.07, 6.45) is 2.22. The van der Waals surface area contributed by atoms with Crippen molar-refractivity contribution in [3.63, 3.8) is 0 Å². The molecule has 5 heteroatoms. The van der Waals surface area contributed by atoms with Gasteiger partial charge in [-0.1, -0.05) is 18.2 Å². The number of fused-ring (bicyclic) bond motifs is 3. The van der Waals surface area contributed by atoms with Crippen molar-refractivity contribution in [1.29, 1.82) is 0 Å². The van der Waals surface area contributed by atoms with Crippen molar-refractivity contribution in [2.75, 3.05) is 27.2 Å². The zero-order valence-electron chi connectivity index (χ0n) is 15.9. The largest absolute Gasteiger partial charge is 1.00 e. The lowest BCUT2D eigenvalue weighted by Crippen LogP contribution is -3.00. The number of halogens is 2. The summed E-state index contributed by atoms with van der Waals surface area (Å²) in [7, 11) is 4.62. The number of likely N-dealkylation sites (N-methyl/N-ethyl adjacent to an activating group) is 1. The summed E-state index contributed by atoms with van der Waals surface area (Å²) in [6, 6.07) is 11.1. The molecule has 0 saturated heterocycles. The van der Waals surface area contributed by atoms with Gasteiger partial charge in [-0.2, -0.15) is 0 Å². The third kappa shape index (κ3) is 4.09. The molecule has 3 aromatic rings. The van der Waals surface area contributed by atoms with E-state index >= 15 is 0 Å². The normalized spacial score (nSPS) is 11.4. The van der Waals surface area contributed by atoms with E-state index in [2.05, 4.69) is 80.5 Å². The SMILES string of the molecule is CC[n+]1ccc2c3ccccc3n(CC[N+](C)(C)CC)c2c1C.[Br-].[Br-]. The molecule has 0 unspecified atom stereocenters. The fraction of sp³-hybridized carbons (Fsp3) is 0.450. The van der Waals surface area contributed by atoms with Crippen molar-refractivity contribution in [3.8, 4) is 0 Å². The lowest BCUT2D eigenvalue weighted by molar-refractivity contribution is -0.889. The monoisotopic (exact) mass is 469 g/mol. The number of nitrogens with zero attached hydrogens (tertiary/aromatic N) is 3. The first-order valence-electron chi connectivity index (χ1n) is 8.70. The number of aromatic nitrogens is 2. The maximum atomic E-state index is 2.53. The molecule has 0 radical (unpaired) electrons. The van der Waals surface area contributed by atoms with Crippen molar-refractivity contribution in [3.05, 3.63) is 42.2 Å². The highest BCUT2D eigenvalue weighted by atomic mass is 79.9. The molecule has 0 amide bonds. The number of hydrogen-bond acceptors (Lipinski definition) is 0. The Hall–Kier alpha value is -0.910. The Labute approximate surface area is 172 Å². The molecule has 2 heterocycles. The molecule has 0 aliphatic carbocycles. The van der Waals surface area contributed by atoms with E-state index in [-0.39, 0.29) is 34.0 Å². The molecule has 0 fully saturated rings. The van der Waals surface area contributed by atoms with Crippen molar-refractivity contribution >= 4 is 21.8 Å². The van der Waals surface area contributed by atoms with Gasteiger partial charge >= 0.3 is 0 Å². The molecule has 3 nitrogen and oxygen atoms in total. The van der Waals surface area contributed by atoms with E-state index in [0.717, 1.165) is 30.7 Å². The third-order valence-corrected chi connectivity index (χ3v) is 5.33. The van der Waals surface area contributed by atoms with Gasteiger partial charge in [-0.15, -0.1) is 0 Å². The van der Waals surface area contributed by atoms with E-state index < -0.39 is 0 Å². The molecular formula is C20H29Br2N3. The minimum absolute atomic E-state index is 0. The topological polar surface area (TPSA) is 8.81 Å². The van der Waals surface area contributed by atoms with Gasteiger partial charge in [0.05, 0.1) is 33.7 Å². The van der Waals surface area contributed by atoms with Gasteiger partial charge in [0, 0.05) is 29.3 Å². The van der Waals surface area contributed by atoms with Crippen molar-refractivity contribution in [1.82, 2.24) is 4.57 Å². The quantitative estimate of drug-likeness (QED) is 0.288. The summed E-state index contributed by atoms with van der Waals surface area (Å²) < 4.78 is 5.92. The number of hydrogen-bond donors (Lipinski definition) is 0. The van der Waals surface area contributed by atoms with Gasteiger partial charge in [-0.3, -0.25) is 0 Å². The smallest absolute Gasteiger partial charge is 0.202 e. The van der Waals surface area contributed by atoms with Crippen LogP contribution in [-0.2, 0) is 13.1 Å². The Kier molecular flexibility index (Phi) is 7.66. The number of aryl methyl sites for hydroxylation is 2. The average molecular weight is 471 g/mol. The van der Waals surface area contributed by atoms with Crippen LogP contribution in [-0.4, -0.2) is 36.2 Å². The van der Waals surface area contributed by atoms with Crippen LogP contribution in [0.5, 0.6) is 0 Å². The fourth-order valence-electron chi connectivity index (χ4n) is 3.41. The molecule has 0 saturated carbocycles. The van der Waals surface area contributed by atoms with Gasteiger partial charge in [-0.25, -0.2) is 4.57 Å². The van der Waals surface area contributed by atoms with Crippen LogP contribution in [0.3, 0.4) is 0 Å². The third-order valence-electron chi connectivity index (χ3n) is 5.33. The van der Waals surface area contributed by atoms with E-state index in [1.807, 2.05) is 0 Å². The second-order valence-corrected chi connectivity index (χ2v) is 7.09. The molecule has 0 atom stereocenters. The molecule has 0 N–H and O–H groups in total. The van der Waals surface area contributed by atoms with Gasteiger partial charge in [0.1, 0.15) is 12.1 Å². The van der Waals surface area contributed by atoms with Crippen LogP contribution in [0.2, 0.25) is 0 Å². The molecule has 2 aromatic heterocycles. The minimum atomic E-state index is 0. The molecule has 3 rings (SSSR count). The summed E-state index contributed by atoms with van der Waals surface area (Å²) in [6.45, 7) is 11.1. The van der Waals surface area contributed by atoms with Crippen LogP contribution >= 0.6 is 0 Å². The summed E-state index contributed by atoms with van der Waals surface area (Å²) in [5.74, 6) is 0. The predicted molar refractivity (Wildman–Crippen MR) is 97.6 cm³/mol. The maximum absolute atomic E-state index is 2.53. The van der Waals surface area contributed by atoms with E-state index in [0.29, 0.717) is 0 Å². The van der Waals surface area contributed by atoms with E-state index in [9.17, 15) is 0 Å². The molecular weight excluding hydrogens is 442 g/mol. The fourth-order valence-corrected chi connectivity index (χ4v) is 3.41. The first-order chi connectivity index (χ1) is 11.0. The van der Waals surface area contributed by atoms with Gasteiger partial charge in [-0.05, 0) is 19.9 Å². The van der Waals surface area contributed by atoms with Crippen LogP contribution in [0, 0.1) is 6.92 Å². The van der Waals surface area contributed by atoms with Gasteiger partial charge < -0.3 is 43.0 Å². The number of pyridine rings is 1. The predicted octanol–water partition coefficient (Wildman–Crippen LogP) is -2.49. The first kappa shape index (κ1) is 22.1. The van der Waals surface area contributed by atoms with Crippen molar-refractivity contribution in [2.45, 2.75) is 33.9 Å². The molecule has 0 aliphatic rings. The van der Waals surface area contributed by atoms with Gasteiger partial charge in [0.25, 0.3) is 0 Å². The Balaban J connectivity index is 0.00000156. The lowest BCUT2D eigenvalue weighted by Gasteiger charge is -2.28. The number of rotatable bonds is 5. The van der Waals surface area contributed by atoms with Crippen LogP contribution in [0.4, 0.5) is 0 Å². The van der Waals surface area contributed by atoms with Crippen LogP contribution in [0.15, 0.2) is 36.5 Å². The second-order valence-electron chi connectivity index (χ2n) is 7.09. The Morgan fingerprint density at radius 1 is 1.00 bits per heavy atom. The highest BCUT2D eigenvalue weighted by Crippen LogP contribution is 2.29. The van der Waals surface area contributed by atoms with Crippen LogP contribution in [0.25, 0.3) is 21.8 Å². The zero-order chi connectivity index (χ0) is 16.6. The number of quaternary nitrogens is 1. The van der Waals surface area contributed by atoms with Crippen molar-refractivity contribution < 1.29 is 43.0 Å². The van der Waals surface area contributed by atoms with Gasteiger partial charge in [0.2, 0.25) is 5.69 Å². The Bertz CT molecular complexity index is 853. The number of para-hydroxylation sites is 1. The van der Waals surface area contributed by atoms with Crippen LogP contribution in [0.1, 0.15) is 19.5 Å². The number of benzene rings is 1. The molecule has 0 spiro atoms. The van der Waals surface area contributed by atoms with Gasteiger partial charge in [0.15, 0.2) is 6.20 Å². The van der Waals surface area contributed by atoms with Crippen molar-refractivity contribution in [2.24, 2.45) is 0 Å². The summed E-state index contributed by atoms with van der Waals surface area (Å²) >= 11 is 0. The maximum Gasteiger partial charge on any atom is 0.202 e. The molecule has 0 bridgehead atoms. The average Bonchev–Trinajstić information content (AvgIpc) is 2.88. The van der Waals surface area contributed by atoms with E-state index in [1.54, 1.807) is 0 Å². The van der Waals surface area contributed by atoms with E-state index in [4.69, 9.17) is 0 Å². The van der Waals surface area contributed by atoms with E-state index in [1.165, 1.54) is 27.5 Å². The minimum Gasteiger partial charge on any atom is -1.00 e. The lowest BCUT2D eigenvalue weighted by atomic mass is 10.1. The standard InChI is InChI=1S/C20H29N3.2BrH/c1-6-21-13-12-18-17-10-8-9-11-19(17)22(20(18)16(21)3)14-15-23(4,5)7-2;;/h8-13H,6-7,14-15H2,1-5H3;2*1H/q+2;;/p-2. The second kappa shape index (κ2) is 8.65. The van der Waals surface area contributed by atoms with Crippen LogP contribution < -0.4 is 38.5 Å². The molecule has 138 valence electrons. The molecule has 1 aromatic carbocycles. The molecule has 0 aliphatic heterocycles. The first-order valence-corrected chi connectivity index (χ1v) is 8.70. The Morgan fingerprint density at radius 2 is 1.68 bits per heavy atom. The Morgan fingerprint density at radius 3 is 2.32 bits per heavy atom. The summed E-state index contributed by atoms with van der Waals surface area (Å²) in [4.78, 5) is 0. The summed E-state index contributed by atoms with van der Waals surface area (Å²) in [5, 5.41) is 2.75. The zero-order valence-corrected chi connectivity index (χ0v) is 19.1. The highest BCUT2D eigenvalue weighted by Gasteiger charge is 2.20. The highest BCUT2D eigenvalue weighted by molar-refractivity contribution is 6.08. The molecule has 25 heavy (non-hydrogen) atoms.